The van der Waals surface area contributed by atoms with E-state index in [0.29, 0.717) is 5.56 Å². The van der Waals surface area contributed by atoms with Crippen LogP contribution in [0.15, 0.2) is 42.6 Å². The molecule has 0 spiro atoms. The van der Waals surface area contributed by atoms with Crippen molar-refractivity contribution in [1.82, 2.24) is 10.2 Å². The molecule has 3 rings (SSSR count). The van der Waals surface area contributed by atoms with E-state index in [9.17, 15) is 9.18 Å². The first kappa shape index (κ1) is 12.6. The third kappa shape index (κ3) is 2.23. The maximum atomic E-state index is 13.7. The van der Waals surface area contributed by atoms with E-state index in [1.807, 2.05) is 0 Å². The molecule has 1 heterocycles. The van der Waals surface area contributed by atoms with Crippen molar-refractivity contribution >= 4 is 34.1 Å². The number of fused-ring (bicyclic) bond motifs is 1. The maximum absolute atomic E-state index is 13.7. The Bertz CT molecular complexity index is 800. The molecule has 0 atom stereocenters. The summed E-state index contributed by atoms with van der Waals surface area (Å²) in [6.45, 7) is 0. The fourth-order valence-electron chi connectivity index (χ4n) is 1.87. The molecule has 2 N–H and O–H groups in total. The van der Waals surface area contributed by atoms with Crippen molar-refractivity contribution in [2.45, 2.75) is 0 Å². The summed E-state index contributed by atoms with van der Waals surface area (Å²) in [4.78, 5) is 12.1. The molecule has 0 bridgehead atoms. The Morgan fingerprint density at radius 1 is 1.30 bits per heavy atom. The van der Waals surface area contributed by atoms with Crippen molar-refractivity contribution in [2.24, 2.45) is 0 Å². The van der Waals surface area contributed by atoms with Gasteiger partial charge in [-0.25, -0.2) is 4.39 Å². The molecule has 0 unspecified atom stereocenters. The summed E-state index contributed by atoms with van der Waals surface area (Å²) < 4.78 is 13.7. The van der Waals surface area contributed by atoms with Gasteiger partial charge in [-0.1, -0.05) is 23.7 Å². The molecule has 2 aromatic carbocycles. The maximum Gasteiger partial charge on any atom is 0.255 e. The summed E-state index contributed by atoms with van der Waals surface area (Å²) in [6.07, 6.45) is 1.66. The van der Waals surface area contributed by atoms with Crippen LogP contribution in [-0.4, -0.2) is 16.1 Å². The fraction of sp³-hybridized carbons (Fsp3) is 0. The second-order valence-corrected chi connectivity index (χ2v) is 4.63. The molecule has 0 aliphatic heterocycles. The molecule has 0 saturated carbocycles. The largest absolute Gasteiger partial charge is 0.319 e. The number of nitrogens with zero attached hydrogens (tertiary/aromatic N) is 1. The first-order valence-corrected chi connectivity index (χ1v) is 6.21. The summed E-state index contributed by atoms with van der Waals surface area (Å²) >= 11 is 5.67. The van der Waals surface area contributed by atoms with Crippen LogP contribution >= 0.6 is 11.6 Å². The predicted molar refractivity (Wildman–Crippen MR) is 75.5 cm³/mol. The van der Waals surface area contributed by atoms with Crippen LogP contribution in [-0.2, 0) is 0 Å². The standard InChI is InChI=1S/C14H9ClFN3O/c15-10-2-1-3-11(13(10)16)18-14(20)8-4-5-9-7-17-19-12(9)6-8/h1-7H,(H,17,19)(H,18,20). The van der Waals surface area contributed by atoms with Crippen LogP contribution in [0, 0.1) is 5.82 Å². The summed E-state index contributed by atoms with van der Waals surface area (Å²) in [5, 5.41) is 10.0. The van der Waals surface area contributed by atoms with Crippen LogP contribution in [0.25, 0.3) is 10.9 Å². The molecule has 0 fully saturated rings. The summed E-state index contributed by atoms with van der Waals surface area (Å²) in [6, 6.07) is 9.51. The minimum Gasteiger partial charge on any atom is -0.319 e. The molecule has 0 aliphatic carbocycles. The number of benzene rings is 2. The van der Waals surface area contributed by atoms with Crippen molar-refractivity contribution in [1.29, 1.82) is 0 Å². The van der Waals surface area contributed by atoms with Gasteiger partial charge in [-0.15, -0.1) is 0 Å². The average Bonchev–Trinajstić information content (AvgIpc) is 2.91. The number of hydrogen-bond donors (Lipinski definition) is 2. The van der Waals surface area contributed by atoms with Crippen LogP contribution in [0.4, 0.5) is 10.1 Å². The molecule has 0 radical (unpaired) electrons. The van der Waals surface area contributed by atoms with Gasteiger partial charge in [-0.3, -0.25) is 9.89 Å². The second-order valence-electron chi connectivity index (χ2n) is 4.23. The summed E-state index contributed by atoms with van der Waals surface area (Å²) in [5.41, 5.74) is 1.19. The Labute approximate surface area is 118 Å². The van der Waals surface area contributed by atoms with Gasteiger partial charge < -0.3 is 5.32 Å². The number of hydrogen-bond acceptors (Lipinski definition) is 2. The van der Waals surface area contributed by atoms with Crippen molar-refractivity contribution in [2.75, 3.05) is 5.32 Å². The molecular weight excluding hydrogens is 281 g/mol. The van der Waals surface area contributed by atoms with Gasteiger partial charge in [0.2, 0.25) is 0 Å². The molecule has 100 valence electrons. The number of amides is 1. The van der Waals surface area contributed by atoms with Crippen LogP contribution in [0.5, 0.6) is 0 Å². The minimum atomic E-state index is -0.648. The second kappa shape index (κ2) is 4.94. The number of aromatic nitrogens is 2. The van der Waals surface area contributed by atoms with E-state index in [1.54, 1.807) is 30.5 Å². The highest BCUT2D eigenvalue weighted by Gasteiger charge is 2.12. The lowest BCUT2D eigenvalue weighted by Gasteiger charge is -2.07. The first-order chi connectivity index (χ1) is 9.65. The first-order valence-electron chi connectivity index (χ1n) is 5.83. The highest BCUT2D eigenvalue weighted by Crippen LogP contribution is 2.23. The van der Waals surface area contributed by atoms with Gasteiger partial charge >= 0.3 is 0 Å². The van der Waals surface area contributed by atoms with E-state index in [4.69, 9.17) is 11.6 Å². The minimum absolute atomic E-state index is 0.0354. The lowest BCUT2D eigenvalue weighted by atomic mass is 10.1. The lowest BCUT2D eigenvalue weighted by Crippen LogP contribution is -2.13. The molecule has 4 nitrogen and oxygen atoms in total. The summed E-state index contributed by atoms with van der Waals surface area (Å²) in [5.74, 6) is -1.06. The number of anilines is 1. The van der Waals surface area contributed by atoms with E-state index in [2.05, 4.69) is 15.5 Å². The molecule has 1 aromatic heterocycles. The van der Waals surface area contributed by atoms with Gasteiger partial charge in [0, 0.05) is 10.9 Å². The SMILES string of the molecule is O=C(Nc1cccc(Cl)c1F)c1ccc2cn[nH]c2c1. The number of carbonyl (C=O) groups excluding carboxylic acids is 1. The van der Waals surface area contributed by atoms with Gasteiger partial charge in [0.15, 0.2) is 5.82 Å². The van der Waals surface area contributed by atoms with Crippen molar-refractivity contribution in [3.05, 3.63) is 59.0 Å². The van der Waals surface area contributed by atoms with Gasteiger partial charge in [-0.2, -0.15) is 5.10 Å². The third-order valence-corrected chi connectivity index (χ3v) is 3.20. The quantitative estimate of drug-likeness (QED) is 0.757. The van der Waals surface area contributed by atoms with Crippen LogP contribution < -0.4 is 5.32 Å². The van der Waals surface area contributed by atoms with E-state index in [0.717, 1.165) is 10.9 Å². The number of halogens is 2. The fourth-order valence-corrected chi connectivity index (χ4v) is 2.05. The Balaban J connectivity index is 1.90. The van der Waals surface area contributed by atoms with E-state index in [-0.39, 0.29) is 10.7 Å². The van der Waals surface area contributed by atoms with Crippen LogP contribution in [0.2, 0.25) is 5.02 Å². The number of nitrogens with one attached hydrogen (secondary N) is 2. The zero-order chi connectivity index (χ0) is 14.1. The van der Waals surface area contributed by atoms with E-state index in [1.165, 1.54) is 12.1 Å². The Hall–Kier alpha value is -2.40. The smallest absolute Gasteiger partial charge is 0.255 e. The van der Waals surface area contributed by atoms with Gasteiger partial charge in [0.05, 0.1) is 22.4 Å². The van der Waals surface area contributed by atoms with Gasteiger partial charge in [0.25, 0.3) is 5.91 Å². The number of aromatic amines is 1. The molecule has 1 amide bonds. The highest BCUT2D eigenvalue weighted by molar-refractivity contribution is 6.31. The molecule has 0 aliphatic rings. The molecule has 20 heavy (non-hydrogen) atoms. The third-order valence-electron chi connectivity index (χ3n) is 2.90. The number of H-pyrrole nitrogens is 1. The lowest BCUT2D eigenvalue weighted by molar-refractivity contribution is 0.102. The number of rotatable bonds is 2. The normalized spacial score (nSPS) is 10.7. The Morgan fingerprint density at radius 3 is 3.00 bits per heavy atom. The Kier molecular flexibility index (Phi) is 3.12. The van der Waals surface area contributed by atoms with Crippen molar-refractivity contribution < 1.29 is 9.18 Å². The molecule has 3 aromatic rings. The number of carbonyl (C=O) groups is 1. The zero-order valence-corrected chi connectivity index (χ0v) is 10.9. The summed E-state index contributed by atoms with van der Waals surface area (Å²) in [7, 11) is 0. The van der Waals surface area contributed by atoms with Crippen molar-refractivity contribution in [3.63, 3.8) is 0 Å². The van der Waals surface area contributed by atoms with Crippen LogP contribution in [0.1, 0.15) is 10.4 Å². The highest BCUT2D eigenvalue weighted by atomic mass is 35.5. The zero-order valence-electron chi connectivity index (χ0n) is 10.2. The average molecular weight is 290 g/mol. The Morgan fingerprint density at radius 2 is 2.15 bits per heavy atom. The predicted octanol–water partition coefficient (Wildman–Crippen LogP) is 3.61. The topological polar surface area (TPSA) is 57.8 Å². The van der Waals surface area contributed by atoms with E-state index < -0.39 is 11.7 Å². The van der Waals surface area contributed by atoms with Crippen molar-refractivity contribution in [3.8, 4) is 0 Å². The van der Waals surface area contributed by atoms with Gasteiger partial charge in [-0.05, 0) is 24.3 Å². The molecule has 0 saturated heterocycles. The van der Waals surface area contributed by atoms with Gasteiger partial charge in [0.1, 0.15) is 0 Å². The molecular formula is C14H9ClFN3O. The molecule has 6 heteroatoms. The monoisotopic (exact) mass is 289 g/mol. The van der Waals surface area contributed by atoms with E-state index >= 15 is 0 Å². The van der Waals surface area contributed by atoms with Crippen LogP contribution in [0.3, 0.4) is 0 Å².